The summed E-state index contributed by atoms with van der Waals surface area (Å²) >= 11 is 0. The molecule has 3 saturated heterocycles. The van der Waals surface area contributed by atoms with Gasteiger partial charge in [-0.15, -0.1) is 12.4 Å². The minimum atomic E-state index is 0. The van der Waals surface area contributed by atoms with Crippen molar-refractivity contribution in [3.05, 3.63) is 0 Å². The van der Waals surface area contributed by atoms with Gasteiger partial charge in [0.25, 0.3) is 0 Å². The first kappa shape index (κ1) is 16.6. The Morgan fingerprint density at radius 1 is 1.10 bits per heavy atom. The van der Waals surface area contributed by atoms with E-state index in [1.165, 1.54) is 6.42 Å². The highest BCUT2D eigenvalue weighted by Crippen LogP contribution is 2.26. The van der Waals surface area contributed by atoms with Crippen LogP contribution >= 0.6 is 12.4 Å². The van der Waals surface area contributed by atoms with Gasteiger partial charge in [-0.2, -0.15) is 0 Å². The van der Waals surface area contributed by atoms with Crippen molar-refractivity contribution in [3.8, 4) is 0 Å². The Hall–Kier alpha value is -0.810. The zero-order valence-electron chi connectivity index (χ0n) is 12.6. The molecule has 3 rings (SSSR count). The first-order valence-electron chi connectivity index (χ1n) is 8.00. The van der Waals surface area contributed by atoms with Crippen LogP contribution in [0.3, 0.4) is 0 Å². The summed E-state index contributed by atoms with van der Waals surface area (Å²) in [5.41, 5.74) is 0. The third-order valence-corrected chi connectivity index (χ3v) is 4.99. The number of fused-ring (bicyclic) bond motifs is 1. The Morgan fingerprint density at radius 2 is 1.76 bits per heavy atom. The maximum Gasteiger partial charge on any atom is 0.242 e. The lowest BCUT2D eigenvalue weighted by atomic mass is 10.0. The van der Waals surface area contributed by atoms with E-state index >= 15 is 0 Å². The lowest BCUT2D eigenvalue weighted by Gasteiger charge is -2.27. The van der Waals surface area contributed by atoms with Gasteiger partial charge in [0.05, 0.1) is 6.54 Å². The number of carbonyl (C=O) groups is 2. The molecular weight excluding hydrogens is 290 g/mol. The van der Waals surface area contributed by atoms with E-state index in [-0.39, 0.29) is 24.2 Å². The number of amides is 2. The molecule has 3 heterocycles. The molecule has 3 fully saturated rings. The molecule has 6 heteroatoms. The van der Waals surface area contributed by atoms with Crippen LogP contribution in [-0.2, 0) is 9.59 Å². The van der Waals surface area contributed by atoms with Crippen LogP contribution in [-0.4, -0.2) is 60.9 Å². The average molecular weight is 316 g/mol. The molecule has 0 aromatic rings. The monoisotopic (exact) mass is 315 g/mol. The number of nitrogens with zero attached hydrogens (tertiary/aromatic N) is 2. The summed E-state index contributed by atoms with van der Waals surface area (Å²) in [5.74, 6) is 1.57. The summed E-state index contributed by atoms with van der Waals surface area (Å²) in [6, 6.07) is 0. The number of hydrogen-bond acceptors (Lipinski definition) is 3. The van der Waals surface area contributed by atoms with Gasteiger partial charge in [-0.1, -0.05) is 12.8 Å². The highest BCUT2D eigenvalue weighted by molar-refractivity contribution is 5.85. The van der Waals surface area contributed by atoms with E-state index in [0.29, 0.717) is 24.8 Å². The lowest BCUT2D eigenvalue weighted by molar-refractivity contribution is -0.140. The molecule has 0 saturated carbocycles. The lowest BCUT2D eigenvalue weighted by Crippen LogP contribution is -2.43. The van der Waals surface area contributed by atoms with E-state index in [9.17, 15) is 9.59 Å². The van der Waals surface area contributed by atoms with Crippen molar-refractivity contribution in [2.24, 2.45) is 11.8 Å². The zero-order chi connectivity index (χ0) is 13.9. The molecule has 3 aliphatic heterocycles. The van der Waals surface area contributed by atoms with Gasteiger partial charge in [0.2, 0.25) is 11.8 Å². The van der Waals surface area contributed by atoms with E-state index < -0.39 is 0 Å². The van der Waals surface area contributed by atoms with Crippen molar-refractivity contribution < 1.29 is 9.59 Å². The number of likely N-dealkylation sites (tertiary alicyclic amines) is 2. The molecule has 0 radical (unpaired) electrons. The normalized spacial score (nSPS) is 29.6. The second-order valence-electron chi connectivity index (χ2n) is 6.46. The first-order chi connectivity index (χ1) is 9.74. The molecule has 2 atom stereocenters. The minimum Gasteiger partial charge on any atom is -0.340 e. The van der Waals surface area contributed by atoms with Crippen LogP contribution in [0.15, 0.2) is 0 Å². The number of nitrogens with one attached hydrogen (secondary N) is 1. The molecule has 120 valence electrons. The fraction of sp³-hybridized carbons (Fsp3) is 0.867. The fourth-order valence-electron chi connectivity index (χ4n) is 3.70. The molecule has 0 aromatic carbocycles. The van der Waals surface area contributed by atoms with E-state index in [1.54, 1.807) is 4.90 Å². The SMILES string of the molecule is Cl.O=C1CCCCCCN1CC(=O)N1C[C@H]2CNC[C@H]2C1. The maximum absolute atomic E-state index is 12.4. The Morgan fingerprint density at radius 3 is 2.48 bits per heavy atom. The van der Waals surface area contributed by atoms with Gasteiger partial charge in [-0.25, -0.2) is 0 Å². The van der Waals surface area contributed by atoms with Gasteiger partial charge < -0.3 is 15.1 Å². The largest absolute Gasteiger partial charge is 0.340 e. The predicted octanol–water partition coefficient (Wildman–Crippen LogP) is 0.879. The second kappa shape index (κ2) is 7.45. The van der Waals surface area contributed by atoms with Crippen molar-refractivity contribution >= 4 is 24.2 Å². The van der Waals surface area contributed by atoms with Crippen LogP contribution in [0.4, 0.5) is 0 Å². The van der Waals surface area contributed by atoms with Gasteiger partial charge in [0.1, 0.15) is 0 Å². The van der Waals surface area contributed by atoms with Crippen LogP contribution in [0, 0.1) is 11.8 Å². The molecule has 0 bridgehead atoms. The summed E-state index contributed by atoms with van der Waals surface area (Å²) < 4.78 is 0. The highest BCUT2D eigenvalue weighted by Gasteiger charge is 2.38. The van der Waals surface area contributed by atoms with Crippen LogP contribution in [0.1, 0.15) is 32.1 Å². The standard InChI is InChI=1S/C15H25N3O2.ClH/c19-14-5-3-1-2-4-6-17(14)11-15(20)18-9-12-7-16-8-13(12)10-18;/h12-13,16H,1-11H2;1H/t12-,13+;. The Labute approximate surface area is 132 Å². The van der Waals surface area contributed by atoms with Gasteiger partial charge >= 0.3 is 0 Å². The molecular formula is C15H26ClN3O2. The first-order valence-corrected chi connectivity index (χ1v) is 8.00. The number of hydrogen-bond donors (Lipinski definition) is 1. The van der Waals surface area contributed by atoms with E-state index in [1.807, 2.05) is 4.90 Å². The third-order valence-electron chi connectivity index (χ3n) is 4.99. The summed E-state index contributed by atoms with van der Waals surface area (Å²) in [6.45, 7) is 4.88. The smallest absolute Gasteiger partial charge is 0.242 e. The molecule has 21 heavy (non-hydrogen) atoms. The molecule has 0 aliphatic carbocycles. The third kappa shape index (κ3) is 3.89. The van der Waals surface area contributed by atoms with Crippen molar-refractivity contribution in [3.63, 3.8) is 0 Å². The highest BCUT2D eigenvalue weighted by atomic mass is 35.5. The zero-order valence-corrected chi connectivity index (χ0v) is 13.4. The molecule has 3 aliphatic rings. The van der Waals surface area contributed by atoms with E-state index in [4.69, 9.17) is 0 Å². The number of halogens is 1. The fourth-order valence-corrected chi connectivity index (χ4v) is 3.70. The molecule has 0 unspecified atom stereocenters. The van der Waals surface area contributed by atoms with E-state index in [2.05, 4.69) is 5.32 Å². The molecule has 0 aromatic heterocycles. The topological polar surface area (TPSA) is 52.7 Å². The predicted molar refractivity (Wildman–Crippen MR) is 83.3 cm³/mol. The number of rotatable bonds is 2. The van der Waals surface area contributed by atoms with Crippen molar-refractivity contribution in [2.45, 2.75) is 32.1 Å². The summed E-state index contributed by atoms with van der Waals surface area (Å²) in [4.78, 5) is 28.2. The van der Waals surface area contributed by atoms with Gasteiger partial charge in [-0.05, 0) is 24.7 Å². The van der Waals surface area contributed by atoms with Gasteiger partial charge in [-0.3, -0.25) is 9.59 Å². The van der Waals surface area contributed by atoms with Crippen molar-refractivity contribution in [1.82, 2.24) is 15.1 Å². The molecule has 0 spiro atoms. The minimum absolute atomic E-state index is 0. The summed E-state index contributed by atoms with van der Waals surface area (Å²) in [5, 5.41) is 3.38. The quantitative estimate of drug-likeness (QED) is 0.823. The van der Waals surface area contributed by atoms with Crippen LogP contribution < -0.4 is 5.32 Å². The molecule has 5 nitrogen and oxygen atoms in total. The molecule has 2 amide bonds. The summed E-state index contributed by atoms with van der Waals surface area (Å²) in [6.07, 6.45) is 4.95. The van der Waals surface area contributed by atoms with Gasteiger partial charge in [0.15, 0.2) is 0 Å². The maximum atomic E-state index is 12.4. The Balaban J connectivity index is 0.00000161. The summed E-state index contributed by atoms with van der Waals surface area (Å²) in [7, 11) is 0. The average Bonchev–Trinajstić information content (AvgIpc) is 2.99. The Kier molecular flexibility index (Phi) is 5.88. The number of carbonyl (C=O) groups excluding carboxylic acids is 2. The van der Waals surface area contributed by atoms with Gasteiger partial charge in [0, 0.05) is 39.1 Å². The second-order valence-corrected chi connectivity index (χ2v) is 6.46. The van der Waals surface area contributed by atoms with E-state index in [0.717, 1.165) is 52.0 Å². The van der Waals surface area contributed by atoms with Crippen molar-refractivity contribution in [1.29, 1.82) is 0 Å². The Bertz CT molecular complexity index is 379. The molecule has 1 N–H and O–H groups in total. The van der Waals surface area contributed by atoms with Crippen molar-refractivity contribution in [2.75, 3.05) is 39.3 Å². The van der Waals surface area contributed by atoms with Crippen LogP contribution in [0.2, 0.25) is 0 Å². The van der Waals surface area contributed by atoms with Crippen LogP contribution in [0.5, 0.6) is 0 Å². The van der Waals surface area contributed by atoms with Crippen LogP contribution in [0.25, 0.3) is 0 Å².